The summed E-state index contributed by atoms with van der Waals surface area (Å²) in [6.45, 7) is 12.2. The highest BCUT2D eigenvalue weighted by atomic mass is 35.5. The number of fused-ring (bicyclic) bond motifs is 2. The Labute approximate surface area is 227 Å². The Morgan fingerprint density at radius 1 is 1.18 bits per heavy atom. The molecule has 2 amide bonds. The Morgan fingerprint density at radius 3 is 2.47 bits per heavy atom. The van der Waals surface area contributed by atoms with Crippen LogP contribution in [0, 0.1) is 24.7 Å². The number of hydrogen-bond acceptors (Lipinski definition) is 6. The second-order valence-electron chi connectivity index (χ2n) is 11.6. The zero-order chi connectivity index (χ0) is 27.1. The van der Waals surface area contributed by atoms with Gasteiger partial charge >= 0.3 is 0 Å². The number of carbonyl (C=O) groups excluding carboxylic acids is 2. The van der Waals surface area contributed by atoms with Crippen LogP contribution in [0.4, 0.5) is 11.5 Å². The Hall–Kier alpha value is -3.33. The number of nitrogen functional groups attached to an aromatic ring is 1. The molecular weight excluding hydrogens is 502 g/mol. The molecule has 200 valence electrons. The maximum Gasteiger partial charge on any atom is 0.245 e. The third-order valence-corrected chi connectivity index (χ3v) is 9.67. The van der Waals surface area contributed by atoms with E-state index in [0.29, 0.717) is 22.8 Å². The van der Waals surface area contributed by atoms with Crippen molar-refractivity contribution in [3.05, 3.63) is 40.6 Å². The van der Waals surface area contributed by atoms with Crippen molar-refractivity contribution in [1.82, 2.24) is 19.6 Å². The van der Waals surface area contributed by atoms with Crippen LogP contribution in [0.5, 0.6) is 0 Å². The minimum absolute atomic E-state index is 0.00606. The smallest absolute Gasteiger partial charge is 0.245 e. The van der Waals surface area contributed by atoms with Crippen LogP contribution in [-0.2, 0) is 9.59 Å². The van der Waals surface area contributed by atoms with Crippen LogP contribution >= 0.6 is 11.6 Å². The summed E-state index contributed by atoms with van der Waals surface area (Å²) in [5, 5.41) is 14.0. The maximum absolute atomic E-state index is 12.1. The van der Waals surface area contributed by atoms with Gasteiger partial charge < -0.3 is 25.8 Å². The molecule has 0 radical (unpaired) electrons. The summed E-state index contributed by atoms with van der Waals surface area (Å²) in [4.78, 5) is 30.3. The highest BCUT2D eigenvalue weighted by molar-refractivity contribution is 6.35. The summed E-state index contributed by atoms with van der Waals surface area (Å²) in [6.07, 6.45) is 5.50. The maximum atomic E-state index is 12.1. The first kappa shape index (κ1) is 25.0. The first-order valence-corrected chi connectivity index (χ1v) is 13.6. The number of nitrogens with two attached hydrogens (primary N) is 1. The zero-order valence-corrected chi connectivity index (χ0v) is 22.9. The summed E-state index contributed by atoms with van der Waals surface area (Å²) in [5.74, 6) is 0.962. The van der Waals surface area contributed by atoms with Gasteiger partial charge in [0, 0.05) is 72.8 Å². The lowest BCUT2D eigenvalue weighted by molar-refractivity contribution is -0.149. The van der Waals surface area contributed by atoms with E-state index in [1.54, 1.807) is 6.92 Å². The average molecular weight is 536 g/mol. The lowest BCUT2D eigenvalue weighted by Gasteiger charge is -2.58. The molecule has 4 aliphatic rings. The molecule has 1 aromatic carbocycles. The Bertz CT molecular complexity index is 1380. The number of amides is 2. The molecule has 38 heavy (non-hydrogen) atoms. The van der Waals surface area contributed by atoms with Gasteiger partial charge in [-0.25, -0.2) is 0 Å². The number of hydrogen-bond donors (Lipinski definition) is 2. The molecule has 2 atom stereocenters. The van der Waals surface area contributed by atoms with Crippen molar-refractivity contribution in [2.45, 2.75) is 58.2 Å². The van der Waals surface area contributed by atoms with E-state index in [0.717, 1.165) is 67.1 Å². The molecule has 3 N–H and O–H groups in total. The molecule has 1 aromatic heterocycles. The van der Waals surface area contributed by atoms with Crippen molar-refractivity contribution in [2.24, 2.45) is 5.41 Å². The number of anilines is 2. The van der Waals surface area contributed by atoms with E-state index in [-0.39, 0.29) is 35.4 Å². The van der Waals surface area contributed by atoms with Gasteiger partial charge in [0.2, 0.25) is 11.8 Å². The standard InChI is InChI=1S/C28H34ClN7O2/c1-5-23(38)33-13-28(14-33)8-20(9-28)36-16(3)24(25-21(10-30)22(31)6-15(2)26(25)29)27(32-36)35-12-18-7-19(35)11-34(18)17(4)37/h5-6,10,18-20,30H,1,7-9,11-14,31H2,2-4H3. The van der Waals surface area contributed by atoms with Crippen LogP contribution in [0.1, 0.15) is 49.0 Å². The topological polar surface area (TPSA) is 112 Å². The monoisotopic (exact) mass is 535 g/mol. The molecule has 2 aromatic rings. The van der Waals surface area contributed by atoms with E-state index in [1.165, 1.54) is 12.3 Å². The van der Waals surface area contributed by atoms with Gasteiger partial charge in [0.1, 0.15) is 0 Å². The lowest BCUT2D eigenvalue weighted by Crippen LogP contribution is -2.63. The molecule has 4 heterocycles. The first-order chi connectivity index (χ1) is 18.1. The SMILES string of the molecule is C=CC(=O)N1CC2(CC(n3nc(N4CC5CC4CN5C(C)=O)c(-c4c(Cl)c(C)cc(N)c4C=N)c3C)C2)C1. The molecule has 2 unspecified atom stereocenters. The third kappa shape index (κ3) is 3.51. The predicted molar refractivity (Wildman–Crippen MR) is 149 cm³/mol. The van der Waals surface area contributed by atoms with Gasteiger partial charge in [-0.15, -0.1) is 0 Å². The fraction of sp³-hybridized carbons (Fsp3) is 0.500. The Morgan fingerprint density at radius 2 is 1.89 bits per heavy atom. The van der Waals surface area contributed by atoms with Crippen LogP contribution in [-0.4, -0.2) is 75.9 Å². The number of carbonyl (C=O) groups is 2. The van der Waals surface area contributed by atoms with Gasteiger partial charge in [0.05, 0.1) is 23.1 Å². The number of rotatable bonds is 5. The van der Waals surface area contributed by atoms with Crippen molar-refractivity contribution in [3.8, 4) is 11.1 Å². The third-order valence-electron chi connectivity index (χ3n) is 9.18. The van der Waals surface area contributed by atoms with E-state index in [1.807, 2.05) is 22.8 Å². The van der Waals surface area contributed by atoms with Gasteiger partial charge in [0.25, 0.3) is 0 Å². The minimum Gasteiger partial charge on any atom is -0.398 e. The second-order valence-corrected chi connectivity index (χ2v) is 12.0. The summed E-state index contributed by atoms with van der Waals surface area (Å²) in [7, 11) is 0. The quantitative estimate of drug-likeness (QED) is 0.345. The highest BCUT2D eigenvalue weighted by Crippen LogP contribution is 2.56. The lowest BCUT2D eigenvalue weighted by atomic mass is 9.60. The fourth-order valence-corrected chi connectivity index (χ4v) is 7.57. The van der Waals surface area contributed by atoms with Gasteiger partial charge in [0.15, 0.2) is 5.82 Å². The van der Waals surface area contributed by atoms with Crippen LogP contribution < -0.4 is 10.6 Å². The fourth-order valence-electron chi connectivity index (χ4n) is 7.32. The van der Waals surface area contributed by atoms with E-state index in [2.05, 4.69) is 23.1 Å². The number of piperazine rings is 1. The number of benzene rings is 1. The molecule has 1 spiro atoms. The van der Waals surface area contributed by atoms with Crippen molar-refractivity contribution in [3.63, 3.8) is 0 Å². The van der Waals surface area contributed by atoms with E-state index >= 15 is 0 Å². The van der Waals surface area contributed by atoms with Crippen molar-refractivity contribution >= 4 is 41.1 Å². The highest BCUT2D eigenvalue weighted by Gasteiger charge is 2.55. The predicted octanol–water partition coefficient (Wildman–Crippen LogP) is 3.56. The molecule has 6 rings (SSSR count). The van der Waals surface area contributed by atoms with E-state index < -0.39 is 0 Å². The van der Waals surface area contributed by atoms with Gasteiger partial charge in [-0.1, -0.05) is 18.2 Å². The van der Waals surface area contributed by atoms with Crippen LogP contribution in [0.25, 0.3) is 11.1 Å². The van der Waals surface area contributed by atoms with Crippen LogP contribution in [0.2, 0.25) is 5.02 Å². The number of nitrogens with one attached hydrogen (secondary N) is 1. The van der Waals surface area contributed by atoms with E-state index in [9.17, 15) is 9.59 Å². The molecule has 9 nitrogen and oxygen atoms in total. The zero-order valence-electron chi connectivity index (χ0n) is 22.1. The summed E-state index contributed by atoms with van der Waals surface area (Å²) < 4.78 is 2.13. The molecule has 4 fully saturated rings. The van der Waals surface area contributed by atoms with Crippen LogP contribution in [0.15, 0.2) is 18.7 Å². The van der Waals surface area contributed by atoms with Gasteiger partial charge in [-0.2, -0.15) is 5.10 Å². The normalized spacial score (nSPS) is 23.5. The summed E-state index contributed by atoms with van der Waals surface area (Å²) in [6, 6.07) is 2.40. The average Bonchev–Trinajstić information content (AvgIpc) is 3.52. The van der Waals surface area contributed by atoms with Crippen LogP contribution in [0.3, 0.4) is 0 Å². The van der Waals surface area contributed by atoms with Crippen molar-refractivity contribution in [2.75, 3.05) is 36.8 Å². The number of halogens is 1. The van der Waals surface area contributed by atoms with Crippen molar-refractivity contribution in [1.29, 1.82) is 5.41 Å². The molecule has 10 heteroatoms. The molecule has 1 aliphatic carbocycles. The molecule has 3 saturated heterocycles. The largest absolute Gasteiger partial charge is 0.398 e. The molecule has 2 bridgehead atoms. The number of aryl methyl sites for hydroxylation is 1. The Kier molecular flexibility index (Phi) is 5.65. The van der Waals surface area contributed by atoms with Gasteiger partial charge in [-0.3, -0.25) is 14.3 Å². The molecule has 1 saturated carbocycles. The van der Waals surface area contributed by atoms with E-state index in [4.69, 9.17) is 27.8 Å². The van der Waals surface area contributed by atoms with Crippen molar-refractivity contribution < 1.29 is 9.59 Å². The minimum atomic E-state index is -0.00606. The Balaban J connectivity index is 1.40. The second kappa shape index (κ2) is 8.59. The molecular formula is C28H34ClN7O2. The number of likely N-dealkylation sites (tertiary alicyclic amines) is 2. The number of aromatic nitrogens is 2. The number of nitrogens with zero attached hydrogens (tertiary/aromatic N) is 5. The summed E-state index contributed by atoms with van der Waals surface area (Å²) >= 11 is 6.94. The van der Waals surface area contributed by atoms with Gasteiger partial charge in [-0.05, 0) is 50.8 Å². The molecule has 3 aliphatic heterocycles. The summed E-state index contributed by atoms with van der Waals surface area (Å²) in [5.41, 5.74) is 11.2. The first-order valence-electron chi connectivity index (χ1n) is 13.2.